The number of amides is 2. The Balaban J connectivity index is 2.32. The molecule has 1 aliphatic carbocycles. The van der Waals surface area contributed by atoms with E-state index in [1.54, 1.807) is 0 Å². The van der Waals surface area contributed by atoms with Crippen molar-refractivity contribution >= 4 is 6.03 Å². The Kier molecular flexibility index (Phi) is 1.74. The fourth-order valence-corrected chi connectivity index (χ4v) is 1.10. The van der Waals surface area contributed by atoms with Crippen molar-refractivity contribution in [3.05, 3.63) is 0 Å². The number of hydrogen-bond donors (Lipinski definition) is 2. The van der Waals surface area contributed by atoms with Gasteiger partial charge >= 0.3 is 6.03 Å². The van der Waals surface area contributed by atoms with Gasteiger partial charge in [-0.15, -0.1) is 0 Å². The molecule has 0 unspecified atom stereocenters. The van der Waals surface area contributed by atoms with Crippen molar-refractivity contribution in [2.45, 2.75) is 25.3 Å². The highest BCUT2D eigenvalue weighted by atomic mass is 19.3. The number of rotatable bonds is 2. The maximum Gasteiger partial charge on any atom is 0.312 e. The lowest BCUT2D eigenvalue weighted by Gasteiger charge is -2.08. The normalized spacial score (nSPS) is 29.7. The van der Waals surface area contributed by atoms with E-state index in [4.69, 9.17) is 5.73 Å². The van der Waals surface area contributed by atoms with Crippen LogP contribution in [0.15, 0.2) is 0 Å². The average molecular weight is 164 g/mol. The van der Waals surface area contributed by atoms with Gasteiger partial charge in [-0.3, -0.25) is 0 Å². The van der Waals surface area contributed by atoms with Crippen LogP contribution >= 0.6 is 0 Å². The molecule has 5 heteroatoms. The molecular weight excluding hydrogens is 154 g/mol. The van der Waals surface area contributed by atoms with Gasteiger partial charge in [0.15, 0.2) is 0 Å². The van der Waals surface area contributed by atoms with Gasteiger partial charge in [0, 0.05) is 12.0 Å². The summed E-state index contributed by atoms with van der Waals surface area (Å²) in [6, 6.07) is -1.16. The van der Waals surface area contributed by atoms with Crippen LogP contribution in [0.4, 0.5) is 13.6 Å². The average Bonchev–Trinajstić information content (AvgIpc) is 2.40. The topological polar surface area (TPSA) is 55.1 Å². The van der Waals surface area contributed by atoms with E-state index in [0.717, 1.165) is 6.92 Å². The largest absolute Gasteiger partial charge is 0.352 e. The number of nitrogens with one attached hydrogen (secondary N) is 1. The van der Waals surface area contributed by atoms with E-state index in [9.17, 15) is 13.6 Å². The summed E-state index contributed by atoms with van der Waals surface area (Å²) in [6.45, 7) is 0.848. The van der Waals surface area contributed by atoms with E-state index >= 15 is 0 Å². The van der Waals surface area contributed by atoms with Gasteiger partial charge in [-0.25, -0.2) is 13.6 Å². The van der Waals surface area contributed by atoms with Crippen LogP contribution in [0.1, 0.15) is 13.3 Å². The lowest BCUT2D eigenvalue weighted by molar-refractivity contribution is -0.00450. The third-order valence-corrected chi connectivity index (χ3v) is 1.77. The molecule has 2 amide bonds. The zero-order valence-corrected chi connectivity index (χ0v) is 6.10. The van der Waals surface area contributed by atoms with Crippen LogP contribution in [0.25, 0.3) is 0 Å². The van der Waals surface area contributed by atoms with Crippen molar-refractivity contribution < 1.29 is 13.6 Å². The summed E-state index contributed by atoms with van der Waals surface area (Å²) in [7, 11) is 0. The molecule has 0 aromatic rings. The molecule has 1 fully saturated rings. The highest BCUT2D eigenvalue weighted by molar-refractivity contribution is 5.72. The number of carbonyl (C=O) groups is 1. The zero-order chi connectivity index (χ0) is 8.65. The molecule has 0 heterocycles. The van der Waals surface area contributed by atoms with Crippen LogP contribution < -0.4 is 11.1 Å². The second kappa shape index (κ2) is 2.32. The van der Waals surface area contributed by atoms with Gasteiger partial charge in [0.2, 0.25) is 5.92 Å². The van der Waals surface area contributed by atoms with Gasteiger partial charge in [0.05, 0.1) is 0 Å². The van der Waals surface area contributed by atoms with Crippen molar-refractivity contribution in [1.82, 2.24) is 5.32 Å². The second-order valence-corrected chi connectivity index (χ2v) is 2.91. The second-order valence-electron chi connectivity index (χ2n) is 2.91. The molecule has 0 aromatic heterocycles. The first-order valence-corrected chi connectivity index (χ1v) is 3.35. The van der Waals surface area contributed by atoms with Crippen molar-refractivity contribution in [3.63, 3.8) is 0 Å². The molecule has 1 aliphatic rings. The Bertz CT molecular complexity index is 178. The van der Waals surface area contributed by atoms with E-state index in [1.807, 2.05) is 0 Å². The van der Waals surface area contributed by atoms with Crippen LogP contribution in [0.2, 0.25) is 0 Å². The molecule has 0 spiro atoms. The van der Waals surface area contributed by atoms with E-state index in [2.05, 4.69) is 5.32 Å². The van der Waals surface area contributed by atoms with Gasteiger partial charge in [-0.2, -0.15) is 0 Å². The number of hydrogen-bond acceptors (Lipinski definition) is 1. The zero-order valence-electron chi connectivity index (χ0n) is 6.10. The van der Waals surface area contributed by atoms with Crippen molar-refractivity contribution in [1.29, 1.82) is 0 Å². The number of alkyl halides is 2. The monoisotopic (exact) mass is 164 g/mol. The van der Waals surface area contributed by atoms with Crippen molar-refractivity contribution in [3.8, 4) is 0 Å². The molecule has 3 nitrogen and oxygen atoms in total. The fourth-order valence-electron chi connectivity index (χ4n) is 1.10. The maximum absolute atomic E-state index is 12.4. The Morgan fingerprint density at radius 1 is 1.73 bits per heavy atom. The standard InChI is InChI=1S/C6H10F2N2O/c1-6(7,8)3-2-4(3)10-5(9)11/h3-4H,2H2,1H3,(H3,9,10,11)/t3-,4-/m1/s1. The summed E-state index contributed by atoms with van der Waals surface area (Å²) in [4.78, 5) is 10.2. The van der Waals surface area contributed by atoms with Crippen molar-refractivity contribution in [2.75, 3.05) is 0 Å². The summed E-state index contributed by atoms with van der Waals surface area (Å²) in [5.41, 5.74) is 4.74. The minimum atomic E-state index is -2.70. The predicted molar refractivity (Wildman–Crippen MR) is 35.2 cm³/mol. The minimum Gasteiger partial charge on any atom is -0.352 e. The van der Waals surface area contributed by atoms with Gasteiger partial charge in [0.25, 0.3) is 0 Å². The number of urea groups is 1. The molecule has 0 radical (unpaired) electrons. The molecule has 11 heavy (non-hydrogen) atoms. The summed E-state index contributed by atoms with van der Waals surface area (Å²) in [5.74, 6) is -3.43. The Hall–Kier alpha value is -0.870. The number of primary amides is 1. The van der Waals surface area contributed by atoms with E-state index in [0.29, 0.717) is 6.42 Å². The molecule has 3 N–H and O–H groups in total. The first kappa shape index (κ1) is 8.23. The van der Waals surface area contributed by atoms with E-state index < -0.39 is 23.9 Å². The van der Waals surface area contributed by atoms with Crippen LogP contribution in [-0.4, -0.2) is 18.0 Å². The summed E-state index contributed by atoms with van der Waals surface area (Å²) < 4.78 is 24.8. The molecule has 2 atom stereocenters. The molecule has 0 saturated heterocycles. The molecular formula is C6H10F2N2O. The minimum absolute atomic E-state index is 0.326. The van der Waals surface area contributed by atoms with Crippen LogP contribution in [0, 0.1) is 5.92 Å². The number of carbonyl (C=O) groups excluding carboxylic acids is 1. The lowest BCUT2D eigenvalue weighted by Crippen LogP contribution is -2.34. The highest BCUT2D eigenvalue weighted by Gasteiger charge is 2.52. The third-order valence-electron chi connectivity index (χ3n) is 1.77. The maximum atomic E-state index is 12.4. The van der Waals surface area contributed by atoms with Crippen LogP contribution in [-0.2, 0) is 0 Å². The number of nitrogens with two attached hydrogens (primary N) is 1. The highest BCUT2D eigenvalue weighted by Crippen LogP contribution is 2.43. The summed E-state index contributed by atoms with van der Waals surface area (Å²) in [5, 5.41) is 2.23. The molecule has 0 aliphatic heterocycles. The van der Waals surface area contributed by atoms with Gasteiger partial charge in [-0.1, -0.05) is 0 Å². The lowest BCUT2D eigenvalue weighted by atomic mass is 10.2. The Labute approximate surface area is 62.9 Å². The van der Waals surface area contributed by atoms with Gasteiger partial charge in [0.1, 0.15) is 0 Å². The molecule has 1 saturated carbocycles. The SMILES string of the molecule is CC(F)(F)[C@@H]1C[C@H]1NC(N)=O. The Morgan fingerprint density at radius 2 is 2.27 bits per heavy atom. The van der Waals surface area contributed by atoms with Gasteiger partial charge in [-0.05, 0) is 13.3 Å². The third kappa shape index (κ3) is 2.03. The molecule has 64 valence electrons. The first-order chi connectivity index (χ1) is 4.91. The van der Waals surface area contributed by atoms with E-state index in [1.165, 1.54) is 0 Å². The van der Waals surface area contributed by atoms with Crippen LogP contribution in [0.3, 0.4) is 0 Å². The molecule has 0 aromatic carbocycles. The number of halogens is 2. The Morgan fingerprint density at radius 3 is 2.55 bits per heavy atom. The quantitative estimate of drug-likeness (QED) is 0.620. The molecule has 1 rings (SSSR count). The van der Waals surface area contributed by atoms with Crippen LogP contribution in [0.5, 0.6) is 0 Å². The summed E-state index contributed by atoms with van der Waals surface area (Å²) >= 11 is 0. The van der Waals surface area contributed by atoms with Gasteiger partial charge < -0.3 is 11.1 Å². The molecule has 0 bridgehead atoms. The van der Waals surface area contributed by atoms with E-state index in [-0.39, 0.29) is 0 Å². The smallest absolute Gasteiger partial charge is 0.312 e. The predicted octanol–water partition coefficient (Wildman–Crippen LogP) is 0.698. The van der Waals surface area contributed by atoms with Crippen molar-refractivity contribution in [2.24, 2.45) is 11.7 Å². The first-order valence-electron chi connectivity index (χ1n) is 3.35. The summed E-state index contributed by atoms with van der Waals surface area (Å²) in [6.07, 6.45) is 0.326. The fraction of sp³-hybridized carbons (Fsp3) is 0.833.